The molecule has 0 bridgehead atoms. The standard InChI is InChI=1S/C23H24/c1-3-20-18(13-16-9-5-7-11-22(16)20)15-19-14-17-10-6-8-12-23(17)21(19)4-2/h5-12H,3-4,13-15H2,1-2H3. The fraction of sp³-hybridized carbons (Fsp3) is 0.304. The van der Waals surface area contributed by atoms with Gasteiger partial charge in [0.05, 0.1) is 0 Å². The summed E-state index contributed by atoms with van der Waals surface area (Å²) in [6, 6.07) is 17.9. The van der Waals surface area contributed by atoms with Gasteiger partial charge in [0.2, 0.25) is 0 Å². The van der Waals surface area contributed by atoms with Crippen molar-refractivity contribution in [1.29, 1.82) is 0 Å². The summed E-state index contributed by atoms with van der Waals surface area (Å²) >= 11 is 0. The van der Waals surface area contributed by atoms with E-state index in [1.807, 2.05) is 0 Å². The van der Waals surface area contributed by atoms with E-state index in [-0.39, 0.29) is 0 Å². The molecular formula is C23H24. The quantitative estimate of drug-likeness (QED) is 0.629. The van der Waals surface area contributed by atoms with Gasteiger partial charge < -0.3 is 0 Å². The van der Waals surface area contributed by atoms with Crippen molar-refractivity contribution in [3.8, 4) is 0 Å². The minimum atomic E-state index is 1.15. The Morgan fingerprint density at radius 1 is 0.652 bits per heavy atom. The lowest BCUT2D eigenvalue weighted by Gasteiger charge is -2.10. The molecule has 0 spiro atoms. The van der Waals surface area contributed by atoms with Crippen LogP contribution in [-0.4, -0.2) is 0 Å². The lowest BCUT2D eigenvalue weighted by Crippen LogP contribution is -1.92. The third-order valence-corrected chi connectivity index (χ3v) is 5.48. The lowest BCUT2D eigenvalue weighted by atomic mass is 9.95. The first-order valence-corrected chi connectivity index (χ1v) is 8.90. The van der Waals surface area contributed by atoms with Gasteiger partial charge in [-0.3, -0.25) is 0 Å². The number of hydrogen-bond acceptors (Lipinski definition) is 0. The Hall–Kier alpha value is -2.08. The van der Waals surface area contributed by atoms with Gasteiger partial charge in [-0.2, -0.15) is 0 Å². The zero-order valence-corrected chi connectivity index (χ0v) is 14.2. The highest BCUT2D eigenvalue weighted by Crippen LogP contribution is 2.42. The summed E-state index contributed by atoms with van der Waals surface area (Å²) in [6.45, 7) is 4.60. The molecular weight excluding hydrogens is 276 g/mol. The van der Waals surface area contributed by atoms with Crippen molar-refractivity contribution in [3.05, 3.63) is 81.9 Å². The van der Waals surface area contributed by atoms with Crippen LogP contribution in [0.1, 0.15) is 55.4 Å². The van der Waals surface area contributed by atoms with E-state index in [1.54, 1.807) is 22.3 Å². The molecule has 0 heterocycles. The van der Waals surface area contributed by atoms with Gasteiger partial charge in [0.15, 0.2) is 0 Å². The number of fused-ring (bicyclic) bond motifs is 2. The second-order valence-electron chi connectivity index (χ2n) is 6.72. The van der Waals surface area contributed by atoms with Gasteiger partial charge in [-0.25, -0.2) is 0 Å². The first kappa shape index (κ1) is 14.5. The molecule has 116 valence electrons. The highest BCUT2D eigenvalue weighted by molar-refractivity contribution is 5.80. The molecule has 0 nitrogen and oxygen atoms in total. The van der Waals surface area contributed by atoms with Gasteiger partial charge in [-0.15, -0.1) is 0 Å². The Morgan fingerprint density at radius 2 is 1.09 bits per heavy atom. The highest BCUT2D eigenvalue weighted by atomic mass is 14.3. The molecule has 23 heavy (non-hydrogen) atoms. The van der Waals surface area contributed by atoms with Crippen LogP contribution in [0.2, 0.25) is 0 Å². The number of rotatable bonds is 4. The monoisotopic (exact) mass is 300 g/mol. The Balaban J connectivity index is 1.69. The van der Waals surface area contributed by atoms with E-state index >= 15 is 0 Å². The molecule has 0 saturated heterocycles. The Morgan fingerprint density at radius 3 is 1.52 bits per heavy atom. The Labute approximate surface area is 139 Å². The minimum Gasteiger partial charge on any atom is -0.0619 e. The van der Waals surface area contributed by atoms with Gasteiger partial charge in [0, 0.05) is 0 Å². The van der Waals surface area contributed by atoms with Crippen LogP contribution in [0.3, 0.4) is 0 Å². The van der Waals surface area contributed by atoms with Crippen molar-refractivity contribution in [1.82, 2.24) is 0 Å². The van der Waals surface area contributed by atoms with Crippen molar-refractivity contribution >= 4 is 11.1 Å². The maximum atomic E-state index is 2.31. The van der Waals surface area contributed by atoms with Crippen LogP contribution in [0, 0.1) is 0 Å². The second-order valence-corrected chi connectivity index (χ2v) is 6.72. The minimum absolute atomic E-state index is 1.15. The van der Waals surface area contributed by atoms with Gasteiger partial charge >= 0.3 is 0 Å². The summed E-state index contributed by atoms with van der Waals surface area (Å²) in [5.41, 5.74) is 12.5. The topological polar surface area (TPSA) is 0 Å². The Kier molecular flexibility index (Phi) is 3.69. The van der Waals surface area contributed by atoms with E-state index in [4.69, 9.17) is 0 Å². The molecule has 0 aliphatic heterocycles. The molecule has 2 aromatic rings. The normalized spacial score (nSPS) is 16.1. The van der Waals surface area contributed by atoms with Crippen LogP contribution in [0.5, 0.6) is 0 Å². The largest absolute Gasteiger partial charge is 0.0619 e. The van der Waals surface area contributed by atoms with Gasteiger partial charge in [-0.1, -0.05) is 73.5 Å². The molecule has 0 unspecified atom stereocenters. The molecule has 0 fully saturated rings. The first-order valence-electron chi connectivity index (χ1n) is 8.90. The fourth-order valence-corrected chi connectivity index (χ4v) is 4.47. The van der Waals surface area contributed by atoms with Crippen LogP contribution in [0.25, 0.3) is 11.1 Å². The lowest BCUT2D eigenvalue weighted by molar-refractivity contribution is 0.993. The molecule has 0 heteroatoms. The van der Waals surface area contributed by atoms with Crippen LogP contribution in [-0.2, 0) is 12.8 Å². The summed E-state index contributed by atoms with van der Waals surface area (Å²) in [5.74, 6) is 0. The molecule has 2 aromatic carbocycles. The maximum absolute atomic E-state index is 2.31. The number of allylic oxidation sites excluding steroid dienone is 4. The van der Waals surface area contributed by atoms with Crippen LogP contribution >= 0.6 is 0 Å². The van der Waals surface area contributed by atoms with Crippen molar-refractivity contribution in [2.45, 2.75) is 46.0 Å². The molecule has 2 aliphatic rings. The van der Waals surface area contributed by atoms with Crippen molar-refractivity contribution in [2.24, 2.45) is 0 Å². The summed E-state index contributed by atoms with van der Waals surface area (Å²) in [7, 11) is 0. The van der Waals surface area contributed by atoms with Crippen molar-refractivity contribution in [2.75, 3.05) is 0 Å². The third kappa shape index (κ3) is 2.37. The molecule has 0 radical (unpaired) electrons. The number of hydrogen-bond donors (Lipinski definition) is 0. The van der Waals surface area contributed by atoms with Gasteiger partial charge in [-0.05, 0) is 65.5 Å². The molecule has 0 atom stereocenters. The third-order valence-electron chi connectivity index (χ3n) is 5.48. The van der Waals surface area contributed by atoms with Crippen LogP contribution in [0.4, 0.5) is 0 Å². The molecule has 0 amide bonds. The van der Waals surface area contributed by atoms with Crippen LogP contribution < -0.4 is 0 Å². The molecule has 4 rings (SSSR count). The molecule has 2 aliphatic carbocycles. The average molecular weight is 300 g/mol. The van der Waals surface area contributed by atoms with Crippen molar-refractivity contribution in [3.63, 3.8) is 0 Å². The van der Waals surface area contributed by atoms with Crippen LogP contribution in [0.15, 0.2) is 59.7 Å². The van der Waals surface area contributed by atoms with Gasteiger partial charge in [0.1, 0.15) is 0 Å². The predicted molar refractivity (Wildman–Crippen MR) is 99.3 cm³/mol. The summed E-state index contributed by atoms with van der Waals surface area (Å²) in [5, 5.41) is 0. The zero-order chi connectivity index (χ0) is 15.8. The summed E-state index contributed by atoms with van der Waals surface area (Å²) < 4.78 is 0. The smallest absolute Gasteiger partial charge is 0.00518 e. The number of benzene rings is 2. The summed E-state index contributed by atoms with van der Waals surface area (Å²) in [6.07, 6.45) is 5.75. The average Bonchev–Trinajstić information content (AvgIpc) is 3.11. The fourth-order valence-electron chi connectivity index (χ4n) is 4.47. The van der Waals surface area contributed by atoms with E-state index in [0.717, 1.165) is 32.1 Å². The van der Waals surface area contributed by atoms with E-state index in [1.165, 1.54) is 22.3 Å². The zero-order valence-electron chi connectivity index (χ0n) is 14.2. The van der Waals surface area contributed by atoms with E-state index in [0.29, 0.717) is 0 Å². The van der Waals surface area contributed by atoms with Crippen molar-refractivity contribution < 1.29 is 0 Å². The predicted octanol–water partition coefficient (Wildman–Crippen LogP) is 6.22. The van der Waals surface area contributed by atoms with Gasteiger partial charge in [0.25, 0.3) is 0 Å². The SMILES string of the molecule is CCC1=C(CC2=C(CC)c3ccccc3C2)Cc2ccccc21. The molecule has 0 aromatic heterocycles. The molecule has 0 saturated carbocycles. The summed E-state index contributed by atoms with van der Waals surface area (Å²) in [4.78, 5) is 0. The van der Waals surface area contributed by atoms with E-state index in [9.17, 15) is 0 Å². The second kappa shape index (κ2) is 5.85. The molecule has 0 N–H and O–H groups in total. The van der Waals surface area contributed by atoms with E-state index < -0.39 is 0 Å². The highest BCUT2D eigenvalue weighted by Gasteiger charge is 2.24. The Bertz CT molecular complexity index is 748. The van der Waals surface area contributed by atoms with E-state index in [2.05, 4.69) is 62.4 Å². The first-order chi connectivity index (χ1) is 11.3. The maximum Gasteiger partial charge on any atom is -0.00518 e.